The largest absolute Gasteiger partial charge is 0.500 e. The third-order valence-electron chi connectivity index (χ3n) is 5.47. The van der Waals surface area contributed by atoms with E-state index in [1.165, 1.54) is 37.4 Å². The number of anilines is 1. The second kappa shape index (κ2) is 9.09. The minimum atomic E-state index is -0.987. The number of amides is 1. The Hall–Kier alpha value is -5.00. The van der Waals surface area contributed by atoms with Crippen molar-refractivity contribution in [3.63, 3.8) is 0 Å². The van der Waals surface area contributed by atoms with Crippen LogP contribution >= 0.6 is 0 Å². The molecule has 1 amide bonds. The lowest BCUT2D eigenvalue weighted by Gasteiger charge is -2.35. The Kier molecular flexibility index (Phi) is 6.02. The van der Waals surface area contributed by atoms with Gasteiger partial charge < -0.3 is 15.2 Å². The van der Waals surface area contributed by atoms with Crippen molar-refractivity contribution < 1.29 is 24.5 Å². The molecule has 0 bridgehead atoms. The number of ether oxygens (including phenoxy) is 1. The molecule has 1 atom stereocenters. The maximum Gasteiger partial charge on any atom is 0.315 e. The van der Waals surface area contributed by atoms with E-state index in [2.05, 4.69) is 10.4 Å². The fourth-order valence-electron chi connectivity index (χ4n) is 3.68. The first-order valence-corrected chi connectivity index (χ1v) is 10.3. The van der Waals surface area contributed by atoms with Crippen LogP contribution < -0.4 is 10.1 Å². The average Bonchev–Trinajstić information content (AvgIpc) is 2.85. The Morgan fingerprint density at radius 3 is 2.40 bits per heavy atom. The summed E-state index contributed by atoms with van der Waals surface area (Å²) in [6.45, 7) is 1.63. The van der Waals surface area contributed by atoms with Crippen LogP contribution in [0.4, 0.5) is 17.1 Å². The smallest absolute Gasteiger partial charge is 0.315 e. The molecular weight excluding hydrogens is 458 g/mol. The quantitative estimate of drug-likeness (QED) is 0.303. The summed E-state index contributed by atoms with van der Waals surface area (Å²) < 4.78 is 5.10. The highest BCUT2D eigenvalue weighted by molar-refractivity contribution is 6.04. The molecule has 0 aromatic heterocycles. The average molecular weight is 477 g/mol. The van der Waals surface area contributed by atoms with Crippen LogP contribution in [0.15, 0.2) is 65.8 Å². The van der Waals surface area contributed by atoms with Gasteiger partial charge in [-0.3, -0.25) is 25.0 Å². The first-order valence-electron chi connectivity index (χ1n) is 10.3. The van der Waals surface area contributed by atoms with Gasteiger partial charge in [0.15, 0.2) is 11.9 Å². The number of nitrogens with zero attached hydrogens (tertiary/aromatic N) is 4. The zero-order valence-corrected chi connectivity index (χ0v) is 18.5. The number of nitro groups is 2. The molecule has 1 aliphatic rings. The van der Waals surface area contributed by atoms with Gasteiger partial charge in [-0.1, -0.05) is 12.1 Å². The Labute approximate surface area is 198 Å². The Morgan fingerprint density at radius 1 is 1.09 bits per heavy atom. The van der Waals surface area contributed by atoms with E-state index in [9.17, 15) is 30.1 Å². The summed E-state index contributed by atoms with van der Waals surface area (Å²) >= 11 is 0. The van der Waals surface area contributed by atoms with Gasteiger partial charge in [0.2, 0.25) is 5.75 Å². The number of fused-ring (bicyclic) bond motifs is 1. The highest BCUT2D eigenvalue weighted by Crippen LogP contribution is 2.41. The number of rotatable bonds is 6. The van der Waals surface area contributed by atoms with Gasteiger partial charge in [-0.05, 0) is 42.8 Å². The minimum Gasteiger partial charge on any atom is -0.500 e. The predicted molar refractivity (Wildman–Crippen MR) is 126 cm³/mol. The van der Waals surface area contributed by atoms with Gasteiger partial charge >= 0.3 is 5.69 Å². The molecule has 0 unspecified atom stereocenters. The Morgan fingerprint density at radius 2 is 1.77 bits per heavy atom. The molecule has 1 heterocycles. The maximum absolute atomic E-state index is 13.4. The zero-order valence-electron chi connectivity index (χ0n) is 18.5. The molecule has 4 rings (SSSR count). The topological polar surface area (TPSA) is 160 Å². The predicted octanol–water partition coefficient (Wildman–Crippen LogP) is 4.21. The molecule has 178 valence electrons. The lowest BCUT2D eigenvalue weighted by atomic mass is 10.0. The van der Waals surface area contributed by atoms with Crippen molar-refractivity contribution >= 4 is 28.7 Å². The van der Waals surface area contributed by atoms with Gasteiger partial charge in [0.25, 0.3) is 11.6 Å². The van der Waals surface area contributed by atoms with E-state index < -0.39 is 33.4 Å². The number of carbonyl (C=O) groups excluding carboxylic acids is 1. The van der Waals surface area contributed by atoms with Gasteiger partial charge in [-0.2, -0.15) is 5.10 Å². The number of benzene rings is 3. The molecule has 0 saturated carbocycles. The third-order valence-corrected chi connectivity index (χ3v) is 5.47. The molecule has 2 N–H and O–H groups in total. The molecule has 1 aliphatic heterocycles. The Balaban J connectivity index is 1.84. The van der Waals surface area contributed by atoms with Gasteiger partial charge in [0.1, 0.15) is 0 Å². The van der Waals surface area contributed by atoms with E-state index in [0.29, 0.717) is 22.5 Å². The van der Waals surface area contributed by atoms with E-state index in [1.807, 2.05) is 0 Å². The van der Waals surface area contributed by atoms with Crippen molar-refractivity contribution in [3.05, 3.63) is 97.6 Å². The molecule has 35 heavy (non-hydrogen) atoms. The number of para-hydroxylation sites is 1. The molecular formula is C23H19N5O7. The number of methoxy groups -OCH3 is 1. The lowest BCUT2D eigenvalue weighted by molar-refractivity contribution is -0.386. The maximum atomic E-state index is 13.4. The second-order valence-corrected chi connectivity index (χ2v) is 7.58. The van der Waals surface area contributed by atoms with E-state index in [0.717, 1.165) is 11.1 Å². The zero-order chi connectivity index (χ0) is 25.3. The van der Waals surface area contributed by atoms with Crippen LogP contribution in [0.25, 0.3) is 0 Å². The van der Waals surface area contributed by atoms with Crippen molar-refractivity contribution in [2.24, 2.45) is 5.10 Å². The summed E-state index contributed by atoms with van der Waals surface area (Å²) in [5.41, 5.74) is 1.31. The number of hydrogen-bond acceptors (Lipinski definition) is 9. The van der Waals surface area contributed by atoms with Crippen molar-refractivity contribution in [1.29, 1.82) is 0 Å². The van der Waals surface area contributed by atoms with Gasteiger partial charge in [-0.15, -0.1) is 0 Å². The van der Waals surface area contributed by atoms with Crippen LogP contribution in [0.1, 0.15) is 34.6 Å². The number of hydrogen-bond donors (Lipinski definition) is 2. The van der Waals surface area contributed by atoms with Crippen LogP contribution in [-0.2, 0) is 0 Å². The molecule has 0 saturated heterocycles. The summed E-state index contributed by atoms with van der Waals surface area (Å²) in [4.78, 5) is 34.6. The monoisotopic (exact) mass is 477 g/mol. The van der Waals surface area contributed by atoms with Gasteiger partial charge in [-0.25, -0.2) is 5.01 Å². The fraction of sp³-hybridized carbons (Fsp3) is 0.130. The molecule has 3 aromatic rings. The van der Waals surface area contributed by atoms with Crippen molar-refractivity contribution in [3.8, 4) is 11.5 Å². The molecule has 12 nitrogen and oxygen atoms in total. The number of phenolic OH excluding ortho intramolecular Hbond substituents is 1. The van der Waals surface area contributed by atoms with Crippen LogP contribution in [0, 0.1) is 20.2 Å². The van der Waals surface area contributed by atoms with E-state index in [1.54, 1.807) is 31.2 Å². The fourth-order valence-corrected chi connectivity index (χ4v) is 3.68. The third kappa shape index (κ3) is 4.31. The number of hydrazone groups is 1. The number of aromatic hydroxyl groups is 1. The minimum absolute atomic E-state index is 0.0902. The standard InChI is InChI=1S/C23H19N5O7/c1-13(14-7-9-16(10-8-14)27(31)32)25-26-22(24-18-6-4-3-5-17(18)23(26)30)15-11-19(28(33)34)21(29)20(12-15)35-2/h3-12,22,24,29H,1-2H3/b25-13-/t22-/m1/s1. The highest BCUT2D eigenvalue weighted by atomic mass is 16.6. The molecule has 0 spiro atoms. The van der Waals surface area contributed by atoms with Crippen molar-refractivity contribution in [2.75, 3.05) is 12.4 Å². The summed E-state index contributed by atoms with van der Waals surface area (Å²) in [5, 5.41) is 41.4. The first-order chi connectivity index (χ1) is 16.7. The molecule has 0 aliphatic carbocycles. The Bertz CT molecular complexity index is 1370. The van der Waals surface area contributed by atoms with Crippen LogP contribution in [0.5, 0.6) is 11.5 Å². The van der Waals surface area contributed by atoms with E-state index in [4.69, 9.17) is 4.74 Å². The lowest BCUT2D eigenvalue weighted by Crippen LogP contribution is -2.40. The van der Waals surface area contributed by atoms with Crippen LogP contribution in [0.3, 0.4) is 0 Å². The van der Waals surface area contributed by atoms with Crippen LogP contribution in [-0.4, -0.2) is 38.7 Å². The number of non-ortho nitro benzene ring substituents is 1. The summed E-state index contributed by atoms with van der Waals surface area (Å²) in [7, 11) is 1.26. The first kappa shape index (κ1) is 23.2. The molecule has 12 heteroatoms. The SMILES string of the molecule is COc1cc([C@@H]2Nc3ccccc3C(=O)N2/N=C(/C)c2ccc([N+](=O)[O-])cc2)cc([N+](=O)[O-])c1O. The molecule has 0 radical (unpaired) electrons. The number of carbonyl (C=O) groups is 1. The van der Waals surface area contributed by atoms with Gasteiger partial charge in [0.05, 0.1) is 28.2 Å². The number of nitrogens with one attached hydrogen (secondary N) is 1. The summed E-state index contributed by atoms with van der Waals surface area (Å²) in [6.07, 6.45) is -0.987. The highest BCUT2D eigenvalue weighted by Gasteiger charge is 2.35. The molecule has 0 fully saturated rings. The number of nitro benzene ring substituents is 2. The second-order valence-electron chi connectivity index (χ2n) is 7.58. The summed E-state index contributed by atoms with van der Waals surface area (Å²) in [6, 6.07) is 14.9. The van der Waals surface area contributed by atoms with Gasteiger partial charge in [0, 0.05) is 29.4 Å². The van der Waals surface area contributed by atoms with Crippen LogP contribution in [0.2, 0.25) is 0 Å². The summed E-state index contributed by atoms with van der Waals surface area (Å²) in [5.74, 6) is -1.25. The molecule has 3 aromatic carbocycles. The van der Waals surface area contributed by atoms with E-state index in [-0.39, 0.29) is 17.0 Å². The van der Waals surface area contributed by atoms with Crippen molar-refractivity contribution in [1.82, 2.24) is 5.01 Å². The number of phenols is 1. The normalized spacial score (nSPS) is 15.3. The van der Waals surface area contributed by atoms with Crippen molar-refractivity contribution in [2.45, 2.75) is 13.1 Å². The van der Waals surface area contributed by atoms with E-state index >= 15 is 0 Å².